The van der Waals surface area contributed by atoms with E-state index in [1.807, 2.05) is 109 Å². The van der Waals surface area contributed by atoms with Gasteiger partial charge in [0.1, 0.15) is 24.1 Å². The van der Waals surface area contributed by atoms with Gasteiger partial charge in [0, 0.05) is 0 Å². The second-order valence-electron chi connectivity index (χ2n) is 8.75. The van der Waals surface area contributed by atoms with Gasteiger partial charge in [-0.2, -0.15) is 0 Å². The number of carbonyl (C=O) groups excluding carboxylic acids is 1. The Labute approximate surface area is 234 Å². The molecule has 0 fully saturated rings. The van der Waals surface area contributed by atoms with Crippen LogP contribution in [-0.4, -0.2) is 10.3 Å². The summed E-state index contributed by atoms with van der Waals surface area (Å²) < 4.78 is 16.9. The van der Waals surface area contributed by atoms with Crippen LogP contribution in [0.4, 0.5) is 0 Å². The fourth-order valence-electron chi connectivity index (χ4n) is 3.67. The molecule has 37 heavy (non-hydrogen) atoms. The van der Waals surface area contributed by atoms with E-state index >= 15 is 0 Å². The number of hydrogen-bond donors (Lipinski definition) is 0. The second-order valence-corrected chi connectivity index (χ2v) is 11.3. The van der Waals surface area contributed by atoms with Gasteiger partial charge in [-0.25, -0.2) is 0 Å². The molecule has 4 rings (SSSR count). The van der Waals surface area contributed by atoms with Crippen molar-refractivity contribution in [2.24, 2.45) is 0 Å². The zero-order chi connectivity index (χ0) is 26.1. The Morgan fingerprint density at radius 3 is 1.68 bits per heavy atom. The van der Waals surface area contributed by atoms with E-state index < -0.39 is 4.32 Å². The first-order chi connectivity index (χ1) is 17.9. The first-order valence-electron chi connectivity index (χ1n) is 11.9. The topological polar surface area (TPSA) is 44.8 Å². The highest BCUT2D eigenvalue weighted by Gasteiger charge is 2.40. The standard InChI is InChI=1S/C31H28Br2O4/c1-31(33,30(34)37-22-25-15-9-4-10-16-25)29(32)26-17-18-27(35-20-23-11-5-2-6-12-23)28(19-26)36-21-24-13-7-3-8-14-24/h2-19,29H,20-22H2,1H3. The Bertz CT molecular complexity index is 1280. The molecule has 4 nitrogen and oxygen atoms in total. The molecule has 0 saturated heterocycles. The summed E-state index contributed by atoms with van der Waals surface area (Å²) in [4.78, 5) is 12.6. The molecule has 0 radical (unpaired) electrons. The number of esters is 1. The highest BCUT2D eigenvalue weighted by atomic mass is 79.9. The minimum Gasteiger partial charge on any atom is -0.485 e. The summed E-state index contributed by atoms with van der Waals surface area (Å²) in [5.74, 6) is 0.864. The molecule has 0 aromatic heterocycles. The van der Waals surface area contributed by atoms with E-state index in [0.29, 0.717) is 24.7 Å². The number of benzene rings is 4. The lowest BCUT2D eigenvalue weighted by Crippen LogP contribution is -2.34. The van der Waals surface area contributed by atoms with Crippen molar-refractivity contribution in [3.05, 3.63) is 131 Å². The van der Waals surface area contributed by atoms with Crippen LogP contribution in [0.5, 0.6) is 11.5 Å². The van der Waals surface area contributed by atoms with Crippen molar-refractivity contribution in [3.63, 3.8) is 0 Å². The number of ether oxygens (including phenoxy) is 3. The summed E-state index contributed by atoms with van der Waals surface area (Å²) in [7, 11) is 0. The van der Waals surface area contributed by atoms with Crippen LogP contribution in [0.2, 0.25) is 0 Å². The van der Waals surface area contributed by atoms with Crippen LogP contribution >= 0.6 is 31.9 Å². The van der Waals surface area contributed by atoms with Gasteiger partial charge in [0.2, 0.25) is 0 Å². The molecule has 0 aliphatic carbocycles. The number of carbonyl (C=O) groups is 1. The van der Waals surface area contributed by atoms with Crippen molar-refractivity contribution in [1.82, 2.24) is 0 Å². The summed E-state index contributed by atoms with van der Waals surface area (Å²) in [5, 5.41) is 0. The van der Waals surface area contributed by atoms with E-state index in [9.17, 15) is 4.79 Å². The van der Waals surface area contributed by atoms with Gasteiger partial charge in [-0.15, -0.1) is 0 Å². The van der Waals surface area contributed by atoms with Gasteiger partial charge in [-0.1, -0.05) is 129 Å². The van der Waals surface area contributed by atoms with Gasteiger partial charge in [0.15, 0.2) is 11.5 Å². The van der Waals surface area contributed by atoms with Crippen LogP contribution < -0.4 is 9.47 Å². The second kappa shape index (κ2) is 12.9. The third kappa shape index (κ3) is 7.46. The van der Waals surface area contributed by atoms with Crippen molar-refractivity contribution in [2.45, 2.75) is 35.9 Å². The minimum atomic E-state index is -1.01. The summed E-state index contributed by atoms with van der Waals surface area (Å²) in [5.41, 5.74) is 3.90. The van der Waals surface area contributed by atoms with Gasteiger partial charge < -0.3 is 14.2 Å². The molecule has 0 aliphatic heterocycles. The molecule has 4 aromatic carbocycles. The van der Waals surface area contributed by atoms with Crippen molar-refractivity contribution in [2.75, 3.05) is 0 Å². The van der Waals surface area contributed by atoms with Crippen LogP contribution in [0.1, 0.15) is 34.0 Å². The molecule has 0 amide bonds. The predicted molar refractivity (Wildman–Crippen MR) is 153 cm³/mol. The van der Waals surface area contributed by atoms with Gasteiger partial charge in [-0.3, -0.25) is 4.79 Å². The highest BCUT2D eigenvalue weighted by Crippen LogP contribution is 2.44. The maximum absolute atomic E-state index is 13.0. The molecule has 2 unspecified atom stereocenters. The molecule has 190 valence electrons. The van der Waals surface area contributed by atoms with Crippen molar-refractivity contribution in [3.8, 4) is 11.5 Å². The van der Waals surface area contributed by atoms with E-state index in [2.05, 4.69) is 31.9 Å². The average Bonchev–Trinajstić information content (AvgIpc) is 2.95. The largest absolute Gasteiger partial charge is 0.485 e. The summed E-state index contributed by atoms with van der Waals surface area (Å²) in [6, 6.07) is 35.3. The Morgan fingerprint density at radius 1 is 0.703 bits per heavy atom. The van der Waals surface area contributed by atoms with Crippen LogP contribution in [-0.2, 0) is 29.4 Å². The zero-order valence-corrected chi connectivity index (χ0v) is 23.7. The van der Waals surface area contributed by atoms with Crippen molar-refractivity contribution < 1.29 is 19.0 Å². The molecular formula is C31H28Br2O4. The lowest BCUT2D eigenvalue weighted by molar-refractivity contribution is -0.147. The molecule has 2 atom stereocenters. The Hall–Kier alpha value is -3.09. The number of hydrogen-bond acceptors (Lipinski definition) is 4. The molecular weight excluding hydrogens is 596 g/mol. The molecule has 0 saturated carbocycles. The Balaban J connectivity index is 1.51. The van der Waals surface area contributed by atoms with Crippen LogP contribution in [0.15, 0.2) is 109 Å². The molecule has 0 spiro atoms. The first-order valence-corrected chi connectivity index (χ1v) is 13.7. The van der Waals surface area contributed by atoms with E-state index in [1.165, 1.54) is 0 Å². The smallest absolute Gasteiger partial charge is 0.324 e. The first kappa shape index (κ1) is 27.0. The summed E-state index contributed by atoms with van der Waals surface area (Å²) >= 11 is 7.33. The Morgan fingerprint density at radius 2 is 1.16 bits per heavy atom. The van der Waals surface area contributed by atoms with Gasteiger partial charge in [0.25, 0.3) is 0 Å². The number of halogens is 2. The molecule has 6 heteroatoms. The summed E-state index contributed by atoms with van der Waals surface area (Å²) in [6.07, 6.45) is 0. The van der Waals surface area contributed by atoms with E-state index in [4.69, 9.17) is 14.2 Å². The number of alkyl halides is 2. The molecule has 4 aromatic rings. The van der Waals surface area contributed by atoms with E-state index in [1.54, 1.807) is 6.92 Å². The average molecular weight is 624 g/mol. The Kier molecular flexibility index (Phi) is 9.42. The predicted octanol–water partition coefficient (Wildman–Crippen LogP) is 8.18. The lowest BCUT2D eigenvalue weighted by atomic mass is 10.00. The maximum Gasteiger partial charge on any atom is 0.324 e. The third-order valence-electron chi connectivity index (χ3n) is 5.82. The maximum atomic E-state index is 13.0. The molecule has 0 bridgehead atoms. The fraction of sp³-hybridized carbons (Fsp3) is 0.194. The SMILES string of the molecule is CC(Br)(C(=O)OCc1ccccc1)C(Br)c1ccc(OCc2ccccc2)c(OCc2ccccc2)c1. The lowest BCUT2D eigenvalue weighted by Gasteiger charge is -2.27. The quantitative estimate of drug-likeness (QED) is 0.125. The molecule has 0 N–H and O–H groups in total. The zero-order valence-electron chi connectivity index (χ0n) is 20.5. The summed E-state index contributed by atoms with van der Waals surface area (Å²) in [6.45, 7) is 2.81. The van der Waals surface area contributed by atoms with Gasteiger partial charge >= 0.3 is 5.97 Å². The molecule has 0 aliphatic rings. The fourth-order valence-corrected chi connectivity index (χ4v) is 4.52. The minimum absolute atomic E-state index is 0.207. The third-order valence-corrected chi connectivity index (χ3v) is 8.66. The monoisotopic (exact) mass is 622 g/mol. The van der Waals surface area contributed by atoms with Gasteiger partial charge in [-0.05, 0) is 41.3 Å². The van der Waals surface area contributed by atoms with Crippen LogP contribution in [0.25, 0.3) is 0 Å². The van der Waals surface area contributed by atoms with E-state index in [-0.39, 0.29) is 17.4 Å². The van der Waals surface area contributed by atoms with Crippen molar-refractivity contribution in [1.29, 1.82) is 0 Å². The van der Waals surface area contributed by atoms with Crippen LogP contribution in [0, 0.1) is 0 Å². The molecule has 0 heterocycles. The number of rotatable bonds is 11. The van der Waals surface area contributed by atoms with Gasteiger partial charge in [0.05, 0.1) is 4.83 Å². The highest BCUT2D eigenvalue weighted by molar-refractivity contribution is 9.12. The normalized spacial score (nSPS) is 13.3. The van der Waals surface area contributed by atoms with E-state index in [0.717, 1.165) is 22.3 Å². The van der Waals surface area contributed by atoms with Crippen LogP contribution in [0.3, 0.4) is 0 Å². The van der Waals surface area contributed by atoms with Crippen molar-refractivity contribution >= 4 is 37.8 Å².